The molecule has 664 valence electrons. The van der Waals surface area contributed by atoms with Gasteiger partial charge in [-0.2, -0.15) is 0 Å². The normalized spacial score (nSPS) is 12.5. The smallest absolute Gasteiger partial charge is 0.145 e. The van der Waals surface area contributed by atoms with Crippen molar-refractivity contribution in [2.45, 2.75) is 10.8 Å². The molecule has 0 atom stereocenters. The minimum absolute atomic E-state index is 0.386. The van der Waals surface area contributed by atoms with Gasteiger partial charge >= 0.3 is 0 Å². The number of fused-ring (bicyclic) bond motifs is 20. The Morgan fingerprint density at radius 2 is 0.610 bits per heavy atom. The van der Waals surface area contributed by atoms with Gasteiger partial charge in [0, 0.05) is 103 Å². The minimum Gasteiger partial charge on any atom is -0.455 e. The summed E-state index contributed by atoms with van der Waals surface area (Å²) in [5, 5.41) is 13.5. The maximum atomic E-state index is 6.93. The number of thiophene rings is 1. The number of hydrogen-bond acceptors (Lipinski definition) is 4. The Morgan fingerprint density at radius 1 is 0.248 bits per heavy atom. The van der Waals surface area contributed by atoms with Crippen molar-refractivity contribution in [1.29, 1.82) is 0 Å². The number of aromatic nitrogens is 2. The number of nitrogens with zero attached hydrogens (tertiary/aromatic N) is 3. The quantitative estimate of drug-likeness (QED) is 0.111. The van der Waals surface area contributed by atoms with E-state index in [4.69, 9.17) is 4.42 Å². The Kier molecular flexibility index (Phi) is 21.0. The highest BCUT2D eigenvalue weighted by Gasteiger charge is 2.48. The number of benzene rings is 22. The molecule has 26 aromatic rings. The van der Waals surface area contributed by atoms with E-state index < -0.39 is 5.41 Å². The molecule has 22 aromatic carbocycles. The topological polar surface area (TPSA) is 38.3 Å². The van der Waals surface area contributed by atoms with Crippen LogP contribution in [0.5, 0.6) is 0 Å². The van der Waals surface area contributed by atoms with Gasteiger partial charge in [-0.15, -0.1) is 11.3 Å². The first-order valence-corrected chi connectivity index (χ1v) is 49.8. The molecule has 7 heteroatoms. The van der Waals surface area contributed by atoms with E-state index in [-0.39, 0.29) is 5.41 Å². The van der Waals surface area contributed by atoms with E-state index in [9.17, 15) is 0 Å². The third-order valence-corrected chi connectivity index (χ3v) is 30.6. The van der Waals surface area contributed by atoms with Crippen molar-refractivity contribution in [3.63, 3.8) is 0 Å². The average molecular weight is 1880 g/mol. The van der Waals surface area contributed by atoms with E-state index in [0.717, 1.165) is 82.7 Å². The van der Waals surface area contributed by atoms with Crippen molar-refractivity contribution in [2.24, 2.45) is 0 Å². The van der Waals surface area contributed by atoms with Crippen molar-refractivity contribution >= 4 is 141 Å². The van der Waals surface area contributed by atoms with Crippen LogP contribution in [0.3, 0.4) is 0 Å². The lowest BCUT2D eigenvalue weighted by molar-refractivity contribution is 0.670. The molecule has 0 spiro atoms. The highest BCUT2D eigenvalue weighted by molar-refractivity contribution is 9.10. The zero-order valence-electron chi connectivity index (χ0n) is 76.8. The molecule has 5 nitrogen and oxygen atoms in total. The summed E-state index contributed by atoms with van der Waals surface area (Å²) in [6, 6.07) is 193. The Bertz CT molecular complexity index is 9130. The summed E-state index contributed by atoms with van der Waals surface area (Å²) in [4.78, 5) is 2.41. The van der Waals surface area contributed by atoms with Gasteiger partial charge in [-0.25, -0.2) is 0 Å². The fourth-order valence-corrected chi connectivity index (χ4v) is 24.2. The maximum Gasteiger partial charge on any atom is 0.145 e. The predicted molar refractivity (Wildman–Crippen MR) is 597 cm³/mol. The molecule has 2 aliphatic carbocycles. The first kappa shape index (κ1) is 84.1. The van der Waals surface area contributed by atoms with Crippen LogP contribution in [0, 0.1) is 0 Å². The van der Waals surface area contributed by atoms with Gasteiger partial charge in [-0.05, 0) is 234 Å². The largest absolute Gasteiger partial charge is 0.455 e. The SMILES string of the molecule is Brc1ccc(-c2cc3c4ccccc4n(-c4ccccc4)c3c3c2sc2ccccc23)cc1.c1ccc(-c2ccc(N(c3ccc(-c4cc5c6ccccc6n(-c6ccccc6)c5c5c4oc4ccccc45)cc3)c3ccc4c(c3)C(c3ccccc3)(c3ccccc3)c3ccccc3-4)cc2)cc1.c1ccc(-c2ccc(Nc3ccc4c(c3)C(c3ccccc3)(c3ccccc3)c3ccccc3-4)cc2)cc1. The molecule has 0 saturated heterocycles. The first-order valence-electron chi connectivity index (χ1n) is 48.2. The molecule has 141 heavy (non-hydrogen) atoms. The molecule has 0 bridgehead atoms. The van der Waals surface area contributed by atoms with Crippen LogP contribution >= 0.6 is 27.3 Å². The third kappa shape index (κ3) is 14.2. The molecule has 0 saturated carbocycles. The lowest BCUT2D eigenvalue weighted by Gasteiger charge is -2.35. The van der Waals surface area contributed by atoms with Gasteiger partial charge in [0.05, 0.1) is 38.3 Å². The van der Waals surface area contributed by atoms with Gasteiger partial charge in [0.15, 0.2) is 0 Å². The van der Waals surface area contributed by atoms with Crippen LogP contribution in [0.25, 0.3) is 164 Å². The van der Waals surface area contributed by atoms with Crippen LogP contribution < -0.4 is 10.2 Å². The number of rotatable bonds is 15. The second-order valence-electron chi connectivity index (χ2n) is 36.5. The van der Waals surface area contributed by atoms with Crippen LogP contribution in [-0.2, 0) is 10.8 Å². The molecular formula is C134H89BrN4OS. The Balaban J connectivity index is 0.000000120. The fourth-order valence-electron chi connectivity index (χ4n) is 22.7. The summed E-state index contributed by atoms with van der Waals surface area (Å²) in [5.74, 6) is 0. The number of hydrogen-bond donors (Lipinski definition) is 1. The number of halogens is 1. The van der Waals surface area contributed by atoms with Gasteiger partial charge in [-0.1, -0.05) is 416 Å². The Labute approximate surface area is 830 Å². The van der Waals surface area contributed by atoms with E-state index in [2.05, 4.69) is 569 Å². The van der Waals surface area contributed by atoms with Gasteiger partial charge in [0.2, 0.25) is 0 Å². The lowest BCUT2D eigenvalue weighted by Crippen LogP contribution is -2.28. The molecule has 0 aliphatic heterocycles. The summed E-state index contributed by atoms with van der Waals surface area (Å²) in [7, 11) is 0. The highest BCUT2D eigenvalue weighted by Crippen LogP contribution is 2.60. The molecule has 0 amide bonds. The van der Waals surface area contributed by atoms with Crippen LogP contribution in [0.1, 0.15) is 44.5 Å². The van der Waals surface area contributed by atoms with E-state index in [1.165, 1.54) is 159 Å². The standard InChI is InChI=1S/C67H44N2O.C37H27N.C30H18BrNS/c1-5-19-45(20-6-1)46-33-37-51(38-34-46)68(53-41-42-55-54-27-13-16-30-60(54)67(61(55)43-53,48-21-7-2-8-22-48)49-23-9-3-10-24-49)52-39-35-47(36-40-52)58-44-59-56-28-14-17-31-62(56)69(50-25-11-4-12-26-50)65(59)64-57-29-15-18-32-63(57)70-66(58)64;1-4-12-27(13-5-1)28-20-22-31(23-21-28)38-32-24-25-34-33-18-10-11-19-35(33)37(36(34)26-32,29-14-6-2-7-15-29)30-16-8-3-9-17-30;31-20-16-14-19(15-17-20)24-18-25-22-10-4-6-12-26(22)32(21-8-2-1-3-9-21)29(25)28-23-11-5-7-13-27(23)33-30(24)28/h1-44H;1-26,38H;1-18H. The molecular weight excluding hydrogens is 1790 g/mol. The van der Waals surface area contributed by atoms with E-state index in [1.807, 2.05) is 11.3 Å². The van der Waals surface area contributed by atoms with Gasteiger partial charge < -0.3 is 23.8 Å². The van der Waals surface area contributed by atoms with Crippen molar-refractivity contribution in [2.75, 3.05) is 10.2 Å². The van der Waals surface area contributed by atoms with Crippen molar-refractivity contribution in [3.8, 4) is 78.1 Å². The van der Waals surface area contributed by atoms with Crippen molar-refractivity contribution in [1.82, 2.24) is 9.13 Å². The Hall–Kier alpha value is -17.5. The maximum absolute atomic E-state index is 6.93. The van der Waals surface area contributed by atoms with E-state index >= 15 is 0 Å². The van der Waals surface area contributed by atoms with Crippen LogP contribution in [0.15, 0.2) is 543 Å². The molecule has 4 heterocycles. The van der Waals surface area contributed by atoms with Gasteiger partial charge in [-0.3, -0.25) is 0 Å². The molecule has 0 unspecified atom stereocenters. The lowest BCUT2D eigenvalue weighted by atomic mass is 9.67. The number of nitrogens with one attached hydrogen (secondary N) is 1. The zero-order chi connectivity index (χ0) is 93.5. The summed E-state index contributed by atoms with van der Waals surface area (Å²) < 4.78 is 15.5. The average Bonchev–Trinajstić information content (AvgIpc) is 1.54. The fraction of sp³-hybridized carbons (Fsp3) is 0.0149. The molecule has 4 aromatic heterocycles. The molecule has 0 fully saturated rings. The summed E-state index contributed by atoms with van der Waals surface area (Å²) in [5.41, 5.74) is 38.2. The van der Waals surface area contributed by atoms with Crippen LogP contribution in [-0.4, -0.2) is 9.13 Å². The summed E-state index contributed by atoms with van der Waals surface area (Å²) in [6.45, 7) is 0. The number of para-hydroxylation sites is 5. The molecule has 0 radical (unpaired) electrons. The minimum atomic E-state index is -0.530. The van der Waals surface area contributed by atoms with E-state index in [1.54, 1.807) is 0 Å². The van der Waals surface area contributed by atoms with Crippen LogP contribution in [0.2, 0.25) is 0 Å². The molecule has 2 aliphatic rings. The van der Waals surface area contributed by atoms with Crippen molar-refractivity contribution < 1.29 is 4.42 Å². The monoisotopic (exact) mass is 1880 g/mol. The molecule has 1 N–H and O–H groups in total. The second kappa shape index (κ2) is 35.3. The number of anilines is 5. The predicted octanol–water partition coefficient (Wildman–Crippen LogP) is 36.9. The van der Waals surface area contributed by atoms with E-state index in [0.29, 0.717) is 0 Å². The summed E-state index contributed by atoms with van der Waals surface area (Å²) >= 11 is 5.49. The zero-order valence-corrected chi connectivity index (χ0v) is 79.2. The van der Waals surface area contributed by atoms with Crippen LogP contribution in [0.4, 0.5) is 28.4 Å². The third-order valence-electron chi connectivity index (χ3n) is 28.9. The van der Waals surface area contributed by atoms with Gasteiger partial charge in [0.25, 0.3) is 0 Å². The molecule has 28 rings (SSSR count). The van der Waals surface area contributed by atoms with Crippen molar-refractivity contribution in [3.05, 3.63) is 583 Å². The first-order chi connectivity index (χ1) is 69.9. The summed E-state index contributed by atoms with van der Waals surface area (Å²) in [6.07, 6.45) is 0. The second-order valence-corrected chi connectivity index (χ2v) is 38.5. The highest BCUT2D eigenvalue weighted by atomic mass is 79.9. The number of furan rings is 1. The van der Waals surface area contributed by atoms with Gasteiger partial charge in [0.1, 0.15) is 11.2 Å². The Morgan fingerprint density at radius 3 is 1.13 bits per heavy atom.